The van der Waals surface area contributed by atoms with E-state index in [4.69, 9.17) is 9.90 Å². The van der Waals surface area contributed by atoms with Crippen LogP contribution in [-0.4, -0.2) is 45.3 Å². The van der Waals surface area contributed by atoms with Crippen LogP contribution in [0.5, 0.6) is 0 Å². The predicted molar refractivity (Wildman–Crippen MR) is 136 cm³/mol. The average Bonchev–Trinajstić information content (AvgIpc) is 3.19. The molecule has 198 valence electrons. The van der Waals surface area contributed by atoms with Crippen molar-refractivity contribution in [1.82, 2.24) is 20.3 Å². The summed E-state index contributed by atoms with van der Waals surface area (Å²) in [5.74, 6) is -2.76. The van der Waals surface area contributed by atoms with Crippen LogP contribution < -0.4 is 10.6 Å². The third-order valence-corrected chi connectivity index (χ3v) is 6.51. The average molecular weight is 525 g/mol. The quantitative estimate of drug-likeness (QED) is 0.445. The molecule has 8 nitrogen and oxygen atoms in total. The fourth-order valence-corrected chi connectivity index (χ4v) is 4.69. The van der Waals surface area contributed by atoms with E-state index in [2.05, 4.69) is 57.4 Å². The number of anilines is 1. The molecular weight excluding hydrogens is 497 g/mol. The van der Waals surface area contributed by atoms with Crippen molar-refractivity contribution >= 4 is 17.2 Å². The first-order valence-corrected chi connectivity index (χ1v) is 12.1. The molecule has 38 heavy (non-hydrogen) atoms. The predicted octanol–water partition coefficient (Wildman–Crippen LogP) is 4.89. The third-order valence-electron chi connectivity index (χ3n) is 6.51. The van der Waals surface area contributed by atoms with Gasteiger partial charge in [-0.15, -0.1) is 5.10 Å². The van der Waals surface area contributed by atoms with E-state index >= 15 is 0 Å². The molecule has 2 aliphatic rings. The van der Waals surface area contributed by atoms with Gasteiger partial charge in [0, 0.05) is 24.3 Å². The molecule has 2 aromatic carbocycles. The number of rotatable bonds is 4. The second kappa shape index (κ2) is 11.5. The number of aromatic nitrogens is 3. The number of fused-ring (bicyclic) bond motifs is 3. The van der Waals surface area contributed by atoms with Crippen molar-refractivity contribution in [2.75, 3.05) is 18.4 Å². The second-order valence-electron chi connectivity index (χ2n) is 9.01. The van der Waals surface area contributed by atoms with Gasteiger partial charge in [0.25, 0.3) is 0 Å². The van der Waals surface area contributed by atoms with E-state index in [-0.39, 0.29) is 6.04 Å². The summed E-state index contributed by atoms with van der Waals surface area (Å²) in [6.45, 7) is 4.76. The number of para-hydroxylation sites is 1. The second-order valence-corrected chi connectivity index (χ2v) is 9.01. The minimum Gasteiger partial charge on any atom is -0.475 e. The van der Waals surface area contributed by atoms with Gasteiger partial charge in [-0.05, 0) is 60.7 Å². The number of nitriles is 1. The number of alkyl halides is 3. The van der Waals surface area contributed by atoms with E-state index in [1.165, 1.54) is 22.3 Å². The Labute approximate surface area is 217 Å². The van der Waals surface area contributed by atoms with Crippen LogP contribution in [0.15, 0.2) is 48.5 Å². The summed E-state index contributed by atoms with van der Waals surface area (Å²) in [5.41, 5.74) is 9.27. The number of carbonyl (C=O) groups is 1. The lowest BCUT2D eigenvalue weighted by Gasteiger charge is -2.23. The number of carboxylic acids is 1. The first-order chi connectivity index (χ1) is 18.2. The molecule has 0 radical (unpaired) electrons. The van der Waals surface area contributed by atoms with Gasteiger partial charge in [0.2, 0.25) is 0 Å². The summed E-state index contributed by atoms with van der Waals surface area (Å²) in [6, 6.07) is 17.3. The Bertz CT molecular complexity index is 1390. The van der Waals surface area contributed by atoms with E-state index in [1.807, 2.05) is 29.8 Å². The smallest absolute Gasteiger partial charge is 0.475 e. The van der Waals surface area contributed by atoms with Crippen LogP contribution in [0.25, 0.3) is 16.8 Å². The SMILES string of the molecule is Cc1nnn2c1-c1ccc(C3=CCNCC3)cc1C(Nc1ccccc1CC#N)CC2.O=C(O)C(F)(F)F. The zero-order valence-corrected chi connectivity index (χ0v) is 20.7. The normalized spacial score (nSPS) is 16.5. The van der Waals surface area contributed by atoms with Gasteiger partial charge in [-0.25, -0.2) is 9.48 Å². The number of halogens is 3. The lowest BCUT2D eigenvalue weighted by Crippen LogP contribution is -2.21. The van der Waals surface area contributed by atoms with Crippen LogP contribution in [0.2, 0.25) is 0 Å². The lowest BCUT2D eigenvalue weighted by atomic mass is 9.90. The van der Waals surface area contributed by atoms with Gasteiger partial charge < -0.3 is 15.7 Å². The van der Waals surface area contributed by atoms with E-state index < -0.39 is 12.1 Å². The van der Waals surface area contributed by atoms with Gasteiger partial charge in [-0.2, -0.15) is 18.4 Å². The zero-order chi connectivity index (χ0) is 27.3. The lowest BCUT2D eigenvalue weighted by molar-refractivity contribution is -0.192. The summed E-state index contributed by atoms with van der Waals surface area (Å²) in [6.07, 6.45) is -0.453. The summed E-state index contributed by atoms with van der Waals surface area (Å²) in [5, 5.41) is 32.3. The minimum absolute atomic E-state index is 0.123. The van der Waals surface area contributed by atoms with Gasteiger partial charge >= 0.3 is 12.1 Å². The maximum atomic E-state index is 10.6. The third kappa shape index (κ3) is 6.03. The Morgan fingerprint density at radius 3 is 2.74 bits per heavy atom. The molecule has 0 saturated carbocycles. The Balaban J connectivity index is 0.000000426. The number of aryl methyl sites for hydroxylation is 2. The van der Waals surface area contributed by atoms with E-state index in [0.29, 0.717) is 6.42 Å². The first-order valence-electron chi connectivity index (χ1n) is 12.1. The molecule has 0 amide bonds. The molecule has 3 aromatic rings. The number of hydrogen-bond acceptors (Lipinski definition) is 6. The Morgan fingerprint density at radius 2 is 2.05 bits per heavy atom. The van der Waals surface area contributed by atoms with Crippen molar-refractivity contribution < 1.29 is 23.1 Å². The standard InChI is InChI=1S/C25H26N6.C2HF3O2/c1-17-25-21-7-6-20(18-9-13-27-14-10-18)16-22(21)24(11-15-31(25)30-29-17)28-23-5-3-2-4-19(23)8-12-26;3-2(4,5)1(6)7/h2-7,9,16,24,27-28H,8,10-11,13-15H2,1H3;(H,6,7). The van der Waals surface area contributed by atoms with E-state index in [9.17, 15) is 18.4 Å². The summed E-state index contributed by atoms with van der Waals surface area (Å²) in [4.78, 5) is 8.90. The topological polar surface area (TPSA) is 116 Å². The number of carboxylic acid groups (broad SMARTS) is 1. The molecule has 0 spiro atoms. The number of nitrogens with zero attached hydrogens (tertiary/aromatic N) is 4. The van der Waals surface area contributed by atoms with Gasteiger partial charge in [0.15, 0.2) is 0 Å². The van der Waals surface area contributed by atoms with Gasteiger partial charge in [0.1, 0.15) is 0 Å². The van der Waals surface area contributed by atoms with Crippen molar-refractivity contribution in [3.8, 4) is 17.3 Å². The molecule has 3 N–H and O–H groups in total. The van der Waals surface area contributed by atoms with Crippen molar-refractivity contribution in [2.24, 2.45) is 0 Å². The van der Waals surface area contributed by atoms with Crippen LogP contribution in [0.3, 0.4) is 0 Å². The molecule has 5 rings (SSSR count). The van der Waals surface area contributed by atoms with E-state index in [0.717, 1.165) is 55.1 Å². The molecule has 1 unspecified atom stereocenters. The molecule has 0 saturated heterocycles. The Hall–Kier alpha value is -4.17. The highest BCUT2D eigenvalue weighted by Crippen LogP contribution is 2.39. The number of hydrogen-bond donors (Lipinski definition) is 3. The molecule has 3 heterocycles. The minimum atomic E-state index is -5.08. The van der Waals surface area contributed by atoms with Crippen LogP contribution in [0.1, 0.15) is 41.3 Å². The number of benzene rings is 2. The van der Waals surface area contributed by atoms with Crippen LogP contribution >= 0.6 is 0 Å². The van der Waals surface area contributed by atoms with Crippen LogP contribution in [0, 0.1) is 18.3 Å². The monoisotopic (exact) mass is 524 g/mol. The Kier molecular flexibility index (Phi) is 8.12. The zero-order valence-electron chi connectivity index (χ0n) is 20.7. The number of nitrogens with one attached hydrogen (secondary N) is 2. The van der Waals surface area contributed by atoms with Gasteiger partial charge in [0.05, 0.1) is 29.9 Å². The highest BCUT2D eigenvalue weighted by molar-refractivity contribution is 5.75. The molecule has 1 aromatic heterocycles. The molecule has 0 fully saturated rings. The van der Waals surface area contributed by atoms with Crippen molar-refractivity contribution in [3.63, 3.8) is 0 Å². The van der Waals surface area contributed by atoms with Gasteiger partial charge in [-0.3, -0.25) is 0 Å². The fraction of sp³-hybridized carbons (Fsp3) is 0.333. The maximum Gasteiger partial charge on any atom is 0.490 e. The summed E-state index contributed by atoms with van der Waals surface area (Å²) in [7, 11) is 0. The van der Waals surface area contributed by atoms with Crippen molar-refractivity contribution in [2.45, 2.75) is 44.9 Å². The van der Waals surface area contributed by atoms with Gasteiger partial charge in [-0.1, -0.05) is 41.6 Å². The highest BCUT2D eigenvalue weighted by Gasteiger charge is 2.38. The van der Waals surface area contributed by atoms with Crippen LogP contribution in [0.4, 0.5) is 18.9 Å². The molecule has 0 aliphatic carbocycles. The molecule has 0 bridgehead atoms. The summed E-state index contributed by atoms with van der Waals surface area (Å²) < 4.78 is 33.8. The van der Waals surface area contributed by atoms with Crippen molar-refractivity contribution in [3.05, 3.63) is 70.9 Å². The van der Waals surface area contributed by atoms with Crippen molar-refractivity contribution in [1.29, 1.82) is 5.26 Å². The number of aliphatic carboxylic acids is 1. The highest BCUT2D eigenvalue weighted by atomic mass is 19.4. The van der Waals surface area contributed by atoms with E-state index in [1.54, 1.807) is 0 Å². The molecule has 1 atom stereocenters. The fourth-order valence-electron chi connectivity index (χ4n) is 4.69. The molecular formula is C27H27F3N6O2. The molecule has 2 aliphatic heterocycles. The maximum absolute atomic E-state index is 10.6. The largest absolute Gasteiger partial charge is 0.490 e. The summed E-state index contributed by atoms with van der Waals surface area (Å²) >= 11 is 0. The Morgan fingerprint density at radius 1 is 1.29 bits per heavy atom. The molecule has 11 heteroatoms. The van der Waals surface area contributed by atoms with Crippen LogP contribution in [-0.2, 0) is 17.8 Å². The first kappa shape index (κ1) is 26.9.